The summed E-state index contributed by atoms with van der Waals surface area (Å²) >= 11 is 0. The average molecular weight is 244 g/mol. The fraction of sp³-hybridized carbons (Fsp3) is 0.800. The maximum absolute atomic E-state index is 12.3. The molecule has 0 aliphatic heterocycles. The third kappa shape index (κ3) is 3.22. The lowest BCUT2D eigenvalue weighted by molar-refractivity contribution is -0.459. The Morgan fingerprint density at radius 1 is 1.00 bits per heavy atom. The van der Waals surface area contributed by atoms with Crippen molar-refractivity contribution < 1.29 is 45.0 Å². The highest BCUT2D eigenvalue weighted by molar-refractivity contribution is 5.78. The molecule has 0 heterocycles. The molecule has 0 saturated heterocycles. The summed E-state index contributed by atoms with van der Waals surface area (Å²) in [5.74, 6) is -8.56. The summed E-state index contributed by atoms with van der Waals surface area (Å²) in [6.45, 7) is 0. The van der Waals surface area contributed by atoms with Crippen LogP contribution in [0.3, 0.4) is 0 Å². The zero-order chi connectivity index (χ0) is 12.5. The van der Waals surface area contributed by atoms with Gasteiger partial charge in [-0.2, -0.15) is 17.6 Å². The first kappa shape index (κ1) is 13.9. The Balaban J connectivity index is 4.93. The van der Waals surface area contributed by atoms with Crippen molar-refractivity contribution in [2.24, 2.45) is 0 Å². The highest BCUT2D eigenvalue weighted by atomic mass is 19.4. The minimum atomic E-state index is -6.03. The van der Waals surface area contributed by atoms with E-state index in [9.17, 15) is 35.5 Å². The van der Waals surface area contributed by atoms with Crippen molar-refractivity contribution in [1.82, 2.24) is 0 Å². The first-order valence-corrected chi connectivity index (χ1v) is 3.05. The molecule has 90 valence electrons. The minimum Gasteiger partial charge on any atom is -0.464 e. The van der Waals surface area contributed by atoms with E-state index < -0.39 is 24.4 Å². The smallest absolute Gasteiger partial charge is 0.464 e. The highest BCUT2D eigenvalue weighted by Gasteiger charge is 2.68. The summed E-state index contributed by atoms with van der Waals surface area (Å²) in [4.78, 5) is 10.1. The van der Waals surface area contributed by atoms with Crippen LogP contribution in [0.25, 0.3) is 0 Å². The van der Waals surface area contributed by atoms with E-state index in [0.717, 1.165) is 0 Å². The van der Waals surface area contributed by atoms with Crippen molar-refractivity contribution in [1.29, 1.82) is 0 Å². The van der Waals surface area contributed by atoms with Gasteiger partial charge in [-0.25, -0.2) is 9.53 Å². The monoisotopic (exact) mass is 244 g/mol. The largest absolute Gasteiger partial charge is 0.527 e. The molecule has 0 bridgehead atoms. The molecule has 0 fully saturated rings. The normalized spacial score (nSPS) is 13.9. The molecule has 0 rings (SSSR count). The van der Waals surface area contributed by atoms with Gasteiger partial charge in [0.2, 0.25) is 0 Å². The van der Waals surface area contributed by atoms with Crippen LogP contribution in [0, 0.1) is 0 Å². The van der Waals surface area contributed by atoms with E-state index in [1.807, 2.05) is 4.74 Å². The van der Waals surface area contributed by atoms with Crippen molar-refractivity contribution in [3.8, 4) is 0 Å². The fourth-order valence-electron chi connectivity index (χ4n) is 0.456. The second-order valence-electron chi connectivity index (χ2n) is 2.13. The Bertz CT molecular complexity index is 246. The van der Waals surface area contributed by atoms with Crippen LogP contribution in [0.4, 0.5) is 30.7 Å². The number of carbonyl (C=O) groups is 1. The topological polar surface area (TPSA) is 35.5 Å². The van der Waals surface area contributed by atoms with Crippen molar-refractivity contribution in [3.05, 3.63) is 0 Å². The maximum Gasteiger partial charge on any atom is 0.527 e. The van der Waals surface area contributed by atoms with Crippen LogP contribution in [0.5, 0.6) is 0 Å². The number of carbonyl (C=O) groups excluding carboxylic acids is 1. The van der Waals surface area contributed by atoms with Gasteiger partial charge in [-0.05, 0) is 0 Å². The predicted molar refractivity (Wildman–Crippen MR) is 29.0 cm³/mol. The van der Waals surface area contributed by atoms with Gasteiger partial charge in [0.1, 0.15) is 0 Å². The molecule has 0 aliphatic carbocycles. The molecule has 10 heteroatoms. The second kappa shape index (κ2) is 3.83. The zero-order valence-corrected chi connectivity index (χ0v) is 6.87. The van der Waals surface area contributed by atoms with Crippen LogP contribution >= 0.6 is 0 Å². The van der Waals surface area contributed by atoms with E-state index in [1.54, 1.807) is 0 Å². The first-order valence-electron chi connectivity index (χ1n) is 3.05. The molecular formula is C5H3F7O3. The molecule has 3 nitrogen and oxygen atoms in total. The zero-order valence-electron chi connectivity index (χ0n) is 6.87. The van der Waals surface area contributed by atoms with Crippen LogP contribution < -0.4 is 0 Å². The summed E-state index contributed by atoms with van der Waals surface area (Å²) < 4.78 is 87.6. The number of hydrogen-bond donors (Lipinski definition) is 0. The molecule has 0 atom stereocenters. The summed E-state index contributed by atoms with van der Waals surface area (Å²) in [5.41, 5.74) is 0. The Kier molecular flexibility index (Phi) is 3.56. The Morgan fingerprint density at radius 3 is 1.67 bits per heavy atom. The molecule has 0 spiro atoms. The molecule has 0 N–H and O–H groups in total. The van der Waals surface area contributed by atoms with Crippen LogP contribution in [0.15, 0.2) is 0 Å². The Hall–Kier alpha value is -1.06. The van der Waals surface area contributed by atoms with E-state index in [2.05, 4.69) is 4.74 Å². The highest BCUT2D eigenvalue weighted by Crippen LogP contribution is 2.40. The summed E-state index contributed by atoms with van der Waals surface area (Å²) in [5, 5.41) is 0. The van der Waals surface area contributed by atoms with E-state index >= 15 is 0 Å². The molecule has 0 aromatic rings. The minimum absolute atomic E-state index is 0.305. The molecule has 0 aromatic carbocycles. The van der Waals surface area contributed by atoms with Crippen LogP contribution in [0.2, 0.25) is 0 Å². The van der Waals surface area contributed by atoms with Crippen LogP contribution in [0.1, 0.15) is 0 Å². The maximum atomic E-state index is 12.3. The molecule has 0 aliphatic rings. The van der Waals surface area contributed by atoms with Gasteiger partial charge in [0.15, 0.2) is 0 Å². The number of rotatable bonds is 3. The molecule has 0 aromatic heterocycles. The lowest BCUT2D eigenvalue weighted by atomic mass is 10.3. The van der Waals surface area contributed by atoms with Crippen molar-refractivity contribution >= 4 is 5.97 Å². The fourth-order valence-corrected chi connectivity index (χ4v) is 0.456. The standard InChI is InChI=1S/C5H3F7O3/c1-14-2(13)3(6,7)4(8,9)15-5(10,11)12/h1H3. The summed E-state index contributed by atoms with van der Waals surface area (Å²) in [7, 11) is 0.305. The number of halogens is 7. The van der Waals surface area contributed by atoms with Crippen LogP contribution in [-0.2, 0) is 14.3 Å². The third-order valence-electron chi connectivity index (χ3n) is 1.05. The van der Waals surface area contributed by atoms with Crippen molar-refractivity contribution in [2.75, 3.05) is 7.11 Å². The van der Waals surface area contributed by atoms with E-state index in [1.165, 1.54) is 0 Å². The third-order valence-corrected chi connectivity index (χ3v) is 1.05. The number of hydrogen-bond acceptors (Lipinski definition) is 3. The molecule has 0 saturated carbocycles. The van der Waals surface area contributed by atoms with Gasteiger partial charge in [-0.3, -0.25) is 0 Å². The quantitative estimate of drug-likeness (QED) is 0.562. The molecular weight excluding hydrogens is 241 g/mol. The average Bonchev–Trinajstić information content (AvgIpc) is 1.97. The summed E-state index contributed by atoms with van der Waals surface area (Å²) in [6, 6.07) is 0. The Morgan fingerprint density at radius 2 is 1.40 bits per heavy atom. The summed E-state index contributed by atoms with van der Waals surface area (Å²) in [6.07, 6.45) is -12.0. The van der Waals surface area contributed by atoms with Crippen molar-refractivity contribution in [2.45, 2.75) is 18.4 Å². The van der Waals surface area contributed by atoms with E-state index in [0.29, 0.717) is 7.11 Å². The number of methoxy groups -OCH3 is 1. The second-order valence-corrected chi connectivity index (χ2v) is 2.13. The van der Waals surface area contributed by atoms with Gasteiger partial charge < -0.3 is 4.74 Å². The van der Waals surface area contributed by atoms with Gasteiger partial charge >= 0.3 is 24.4 Å². The lowest BCUT2D eigenvalue weighted by Crippen LogP contribution is -2.51. The van der Waals surface area contributed by atoms with Gasteiger partial charge in [-0.1, -0.05) is 0 Å². The van der Waals surface area contributed by atoms with Gasteiger partial charge in [0.25, 0.3) is 0 Å². The molecule has 0 unspecified atom stereocenters. The van der Waals surface area contributed by atoms with Gasteiger partial charge in [0, 0.05) is 0 Å². The Labute approximate surface area is 77.7 Å². The number of ether oxygens (including phenoxy) is 2. The predicted octanol–water partition coefficient (Wildman–Crippen LogP) is 1.92. The molecule has 0 amide bonds. The number of alkyl halides is 7. The van der Waals surface area contributed by atoms with Gasteiger partial charge in [0.05, 0.1) is 7.11 Å². The van der Waals surface area contributed by atoms with Crippen LogP contribution in [-0.4, -0.2) is 31.5 Å². The van der Waals surface area contributed by atoms with Gasteiger partial charge in [-0.15, -0.1) is 13.2 Å². The SMILES string of the molecule is COC(=O)C(F)(F)C(F)(F)OC(F)(F)F. The molecule has 0 radical (unpaired) electrons. The van der Waals surface area contributed by atoms with E-state index in [-0.39, 0.29) is 0 Å². The molecule has 15 heavy (non-hydrogen) atoms. The van der Waals surface area contributed by atoms with E-state index in [4.69, 9.17) is 0 Å². The van der Waals surface area contributed by atoms with Crippen molar-refractivity contribution in [3.63, 3.8) is 0 Å². The number of esters is 1. The first-order chi connectivity index (χ1) is 6.44. The lowest BCUT2D eigenvalue weighted by Gasteiger charge is -2.24.